The van der Waals surface area contributed by atoms with E-state index in [1.54, 1.807) is 6.07 Å². The van der Waals surface area contributed by atoms with Crippen molar-refractivity contribution in [3.63, 3.8) is 0 Å². The Morgan fingerprint density at radius 1 is 1.35 bits per heavy atom. The molecule has 0 spiro atoms. The molecule has 0 radical (unpaired) electrons. The van der Waals surface area contributed by atoms with Gasteiger partial charge in [0.15, 0.2) is 0 Å². The maximum absolute atomic E-state index is 13.2. The number of nitrogens with one attached hydrogen (secondary N) is 1. The fraction of sp³-hybridized carbons (Fsp3) is 0.231. The van der Waals surface area contributed by atoms with Crippen molar-refractivity contribution in [1.29, 1.82) is 0 Å². The zero-order valence-corrected chi connectivity index (χ0v) is 10.6. The Hall–Kier alpha value is -1.55. The van der Waals surface area contributed by atoms with E-state index in [1.807, 2.05) is 19.9 Å². The van der Waals surface area contributed by atoms with Crippen LogP contribution in [0.3, 0.4) is 0 Å². The molecule has 0 saturated heterocycles. The van der Waals surface area contributed by atoms with E-state index in [1.165, 1.54) is 12.1 Å². The smallest absolute Gasteiger partial charge is 0.139 e. The van der Waals surface area contributed by atoms with Crippen molar-refractivity contribution in [3.05, 3.63) is 46.0 Å². The van der Waals surface area contributed by atoms with Crippen LogP contribution in [0.1, 0.15) is 18.2 Å². The molecule has 0 aliphatic carbocycles. The van der Waals surface area contributed by atoms with Crippen molar-refractivity contribution in [2.75, 3.05) is 0 Å². The Morgan fingerprint density at radius 2 is 2.12 bits per heavy atom. The van der Waals surface area contributed by atoms with Gasteiger partial charge >= 0.3 is 0 Å². The Morgan fingerprint density at radius 3 is 2.82 bits per heavy atom. The SMILES string of the molecule is CCc1cc(=S)nc(-c2cc(F)ccc2C)[nH]1. The molecule has 2 nitrogen and oxygen atoms in total. The molecule has 1 heterocycles. The molecule has 4 heteroatoms. The van der Waals surface area contributed by atoms with Crippen LogP contribution in [-0.4, -0.2) is 9.97 Å². The second kappa shape index (κ2) is 4.75. The summed E-state index contributed by atoms with van der Waals surface area (Å²) in [5.74, 6) is 0.361. The highest BCUT2D eigenvalue weighted by Crippen LogP contribution is 2.21. The molecule has 1 aromatic carbocycles. The lowest BCUT2D eigenvalue weighted by atomic mass is 10.1. The standard InChI is InChI=1S/C13H13FN2S/c1-3-10-7-12(17)16-13(15-10)11-6-9(14)5-4-8(11)2/h4-7H,3H2,1-2H3,(H,15,16,17). The van der Waals surface area contributed by atoms with E-state index >= 15 is 0 Å². The average molecular weight is 248 g/mol. The molecule has 2 aromatic rings. The first-order valence-electron chi connectivity index (χ1n) is 5.47. The minimum Gasteiger partial charge on any atom is -0.343 e. The molecule has 0 bridgehead atoms. The van der Waals surface area contributed by atoms with Gasteiger partial charge in [0, 0.05) is 11.3 Å². The second-order valence-electron chi connectivity index (χ2n) is 3.91. The van der Waals surface area contributed by atoms with Gasteiger partial charge in [-0.25, -0.2) is 9.37 Å². The number of nitrogens with zero attached hydrogens (tertiary/aromatic N) is 1. The van der Waals surface area contributed by atoms with Crippen LogP contribution in [0.5, 0.6) is 0 Å². The van der Waals surface area contributed by atoms with Gasteiger partial charge in [-0.2, -0.15) is 0 Å². The van der Waals surface area contributed by atoms with Crippen LogP contribution in [0.15, 0.2) is 24.3 Å². The summed E-state index contributed by atoms with van der Waals surface area (Å²) in [5.41, 5.74) is 2.73. The number of aryl methyl sites for hydroxylation is 2. The number of H-pyrrole nitrogens is 1. The van der Waals surface area contributed by atoms with Crippen LogP contribution in [0.25, 0.3) is 11.4 Å². The minimum absolute atomic E-state index is 0.270. The first kappa shape index (κ1) is 11.9. The summed E-state index contributed by atoms with van der Waals surface area (Å²) >= 11 is 5.10. The minimum atomic E-state index is -0.270. The zero-order chi connectivity index (χ0) is 12.4. The van der Waals surface area contributed by atoms with Gasteiger partial charge in [0.05, 0.1) is 0 Å². The number of rotatable bonds is 2. The van der Waals surface area contributed by atoms with E-state index in [0.717, 1.165) is 23.2 Å². The summed E-state index contributed by atoms with van der Waals surface area (Å²) in [4.78, 5) is 7.42. The molecule has 0 fully saturated rings. The summed E-state index contributed by atoms with van der Waals surface area (Å²) in [6.07, 6.45) is 0.841. The summed E-state index contributed by atoms with van der Waals surface area (Å²) in [5, 5.41) is 0. The van der Waals surface area contributed by atoms with Crippen LogP contribution in [-0.2, 0) is 6.42 Å². The highest BCUT2D eigenvalue weighted by Gasteiger charge is 2.06. The van der Waals surface area contributed by atoms with Gasteiger partial charge in [0.1, 0.15) is 16.3 Å². The lowest BCUT2D eigenvalue weighted by molar-refractivity contribution is 0.627. The number of aromatic nitrogens is 2. The number of aromatic amines is 1. The molecule has 1 aromatic heterocycles. The summed E-state index contributed by atoms with van der Waals surface area (Å²) in [6, 6.07) is 6.48. The molecule has 0 aliphatic rings. The predicted octanol–water partition coefficient (Wildman–Crippen LogP) is 3.82. The van der Waals surface area contributed by atoms with Gasteiger partial charge in [0.2, 0.25) is 0 Å². The Bertz CT molecular complexity index is 605. The van der Waals surface area contributed by atoms with Crippen molar-refractivity contribution in [2.45, 2.75) is 20.3 Å². The number of benzene rings is 1. The van der Waals surface area contributed by atoms with Crippen molar-refractivity contribution < 1.29 is 4.39 Å². The third-order valence-corrected chi connectivity index (χ3v) is 2.84. The summed E-state index contributed by atoms with van der Waals surface area (Å²) in [6.45, 7) is 3.95. The maximum Gasteiger partial charge on any atom is 0.139 e. The summed E-state index contributed by atoms with van der Waals surface area (Å²) < 4.78 is 13.8. The molecular formula is C13H13FN2S. The van der Waals surface area contributed by atoms with Crippen LogP contribution < -0.4 is 0 Å². The molecule has 88 valence electrons. The fourth-order valence-electron chi connectivity index (χ4n) is 1.67. The van der Waals surface area contributed by atoms with E-state index in [9.17, 15) is 4.39 Å². The van der Waals surface area contributed by atoms with Gasteiger partial charge in [-0.1, -0.05) is 25.2 Å². The average Bonchev–Trinajstić information content (AvgIpc) is 2.31. The van der Waals surface area contributed by atoms with Gasteiger partial charge in [-0.05, 0) is 37.1 Å². The highest BCUT2D eigenvalue weighted by atomic mass is 32.1. The lowest BCUT2D eigenvalue weighted by Gasteiger charge is -2.07. The Kier molecular flexibility index (Phi) is 3.33. The molecule has 0 aliphatic heterocycles. The molecule has 2 rings (SSSR count). The van der Waals surface area contributed by atoms with E-state index in [-0.39, 0.29) is 5.82 Å². The van der Waals surface area contributed by atoms with Crippen LogP contribution >= 0.6 is 12.2 Å². The van der Waals surface area contributed by atoms with Gasteiger partial charge < -0.3 is 4.98 Å². The quantitative estimate of drug-likeness (QED) is 0.818. The Labute approximate surface area is 105 Å². The van der Waals surface area contributed by atoms with Crippen LogP contribution in [0.4, 0.5) is 4.39 Å². The largest absolute Gasteiger partial charge is 0.343 e. The molecular weight excluding hydrogens is 235 g/mol. The summed E-state index contributed by atoms with van der Waals surface area (Å²) in [7, 11) is 0. The molecule has 0 atom stereocenters. The fourth-order valence-corrected chi connectivity index (χ4v) is 1.91. The topological polar surface area (TPSA) is 28.7 Å². The molecule has 0 amide bonds. The maximum atomic E-state index is 13.2. The lowest BCUT2D eigenvalue weighted by Crippen LogP contribution is -1.97. The van der Waals surface area contributed by atoms with Gasteiger partial charge in [0.25, 0.3) is 0 Å². The van der Waals surface area contributed by atoms with Crippen LogP contribution in [0, 0.1) is 17.4 Å². The van der Waals surface area contributed by atoms with Crippen LogP contribution in [0.2, 0.25) is 0 Å². The molecule has 17 heavy (non-hydrogen) atoms. The third-order valence-electron chi connectivity index (χ3n) is 2.63. The van der Waals surface area contributed by atoms with Crippen molar-refractivity contribution in [3.8, 4) is 11.4 Å². The molecule has 1 N–H and O–H groups in total. The first-order chi connectivity index (χ1) is 8.10. The number of hydrogen-bond donors (Lipinski definition) is 1. The van der Waals surface area contributed by atoms with E-state index in [2.05, 4.69) is 9.97 Å². The Balaban J connectivity index is 2.63. The van der Waals surface area contributed by atoms with E-state index in [4.69, 9.17) is 12.2 Å². The van der Waals surface area contributed by atoms with E-state index < -0.39 is 0 Å². The van der Waals surface area contributed by atoms with Gasteiger partial charge in [-0.15, -0.1) is 0 Å². The number of halogens is 1. The van der Waals surface area contributed by atoms with Gasteiger partial charge in [-0.3, -0.25) is 0 Å². The second-order valence-corrected chi connectivity index (χ2v) is 4.32. The molecule has 0 saturated carbocycles. The normalized spacial score (nSPS) is 10.5. The van der Waals surface area contributed by atoms with E-state index in [0.29, 0.717) is 10.5 Å². The predicted molar refractivity (Wildman–Crippen MR) is 68.9 cm³/mol. The van der Waals surface area contributed by atoms with Crippen molar-refractivity contribution >= 4 is 12.2 Å². The third kappa shape index (κ3) is 2.58. The highest BCUT2D eigenvalue weighted by molar-refractivity contribution is 7.71. The number of hydrogen-bond acceptors (Lipinski definition) is 2. The zero-order valence-electron chi connectivity index (χ0n) is 9.75. The first-order valence-corrected chi connectivity index (χ1v) is 5.87. The monoisotopic (exact) mass is 248 g/mol. The molecule has 0 unspecified atom stereocenters. The van der Waals surface area contributed by atoms with Crippen molar-refractivity contribution in [1.82, 2.24) is 9.97 Å². The van der Waals surface area contributed by atoms with Crippen molar-refractivity contribution in [2.24, 2.45) is 0 Å².